The van der Waals surface area contributed by atoms with Gasteiger partial charge >= 0.3 is 0 Å². The second-order valence-electron chi connectivity index (χ2n) is 7.51. The Bertz CT molecular complexity index is 1150. The van der Waals surface area contributed by atoms with Crippen LogP contribution in [-0.2, 0) is 19.6 Å². The number of oxazole rings is 1. The molecule has 172 valence electrons. The Morgan fingerprint density at radius 3 is 2.55 bits per heavy atom. The number of benzene rings is 2. The normalized spacial score (nSPS) is 11.2. The molecule has 0 radical (unpaired) electrons. The van der Waals surface area contributed by atoms with E-state index >= 15 is 0 Å². The molecule has 0 saturated heterocycles. The molecule has 0 aliphatic heterocycles. The van der Waals surface area contributed by atoms with E-state index in [9.17, 15) is 0 Å². The van der Waals surface area contributed by atoms with Gasteiger partial charge in [-0.1, -0.05) is 54.1 Å². The number of rotatable bonds is 8. The Morgan fingerprint density at radius 2 is 1.82 bits per heavy atom. The summed E-state index contributed by atoms with van der Waals surface area (Å²) in [5.74, 6) is 2.10. The van der Waals surface area contributed by atoms with Crippen LogP contribution >= 0.6 is 24.0 Å². The lowest BCUT2D eigenvalue weighted by Crippen LogP contribution is -2.36. The van der Waals surface area contributed by atoms with E-state index in [4.69, 9.17) is 9.41 Å². The fourth-order valence-corrected chi connectivity index (χ4v) is 3.34. The minimum atomic E-state index is 0. The van der Waals surface area contributed by atoms with Crippen LogP contribution in [-0.4, -0.2) is 27.3 Å². The minimum Gasteiger partial charge on any atom is -0.439 e. The quantitative estimate of drug-likeness (QED) is 0.186. The van der Waals surface area contributed by atoms with Gasteiger partial charge in [0.2, 0.25) is 5.89 Å². The highest BCUT2D eigenvalue weighted by Crippen LogP contribution is 2.20. The highest BCUT2D eigenvalue weighted by atomic mass is 127. The number of nitrogens with zero attached hydrogens (tertiary/aromatic N) is 4. The molecule has 0 fully saturated rings. The van der Waals surface area contributed by atoms with E-state index in [0.29, 0.717) is 19.0 Å². The smallest absolute Gasteiger partial charge is 0.214 e. The number of aliphatic imine (C=N–C) groups is 1. The van der Waals surface area contributed by atoms with E-state index in [2.05, 4.69) is 51.9 Å². The Labute approximate surface area is 211 Å². The number of hydrogen-bond donors (Lipinski definition) is 2. The second kappa shape index (κ2) is 12.2. The number of guanidine groups is 1. The van der Waals surface area contributed by atoms with E-state index in [1.165, 1.54) is 11.1 Å². The summed E-state index contributed by atoms with van der Waals surface area (Å²) < 4.78 is 7.83. The first kappa shape index (κ1) is 24.5. The summed E-state index contributed by atoms with van der Waals surface area (Å²) in [7, 11) is 0. The predicted octanol–water partition coefficient (Wildman–Crippen LogP) is 4.77. The third kappa shape index (κ3) is 6.92. The number of halogens is 1. The van der Waals surface area contributed by atoms with E-state index < -0.39 is 0 Å². The van der Waals surface area contributed by atoms with Gasteiger partial charge < -0.3 is 15.1 Å². The van der Waals surface area contributed by atoms with Gasteiger partial charge in [-0.05, 0) is 31.0 Å². The largest absolute Gasteiger partial charge is 0.439 e. The zero-order chi connectivity index (χ0) is 22.2. The van der Waals surface area contributed by atoms with Crippen LogP contribution in [0.3, 0.4) is 0 Å². The maximum Gasteiger partial charge on any atom is 0.214 e. The fourth-order valence-electron chi connectivity index (χ4n) is 3.34. The molecule has 0 aliphatic carbocycles. The summed E-state index contributed by atoms with van der Waals surface area (Å²) in [6, 6.07) is 18.5. The van der Waals surface area contributed by atoms with Crippen molar-refractivity contribution in [2.24, 2.45) is 4.99 Å². The van der Waals surface area contributed by atoms with Crippen LogP contribution in [0, 0.1) is 6.92 Å². The molecule has 8 heteroatoms. The van der Waals surface area contributed by atoms with Gasteiger partial charge in [0.15, 0.2) is 11.7 Å². The lowest BCUT2D eigenvalue weighted by atomic mass is 10.1. The summed E-state index contributed by atoms with van der Waals surface area (Å²) in [6.07, 6.45) is 5.52. The van der Waals surface area contributed by atoms with E-state index in [-0.39, 0.29) is 24.0 Å². The third-order valence-electron chi connectivity index (χ3n) is 5.06. The van der Waals surface area contributed by atoms with E-state index in [1.807, 2.05) is 48.1 Å². The molecule has 0 aliphatic rings. The molecule has 4 aromatic rings. The maximum absolute atomic E-state index is 5.91. The van der Waals surface area contributed by atoms with Crippen molar-refractivity contribution < 1.29 is 4.42 Å². The van der Waals surface area contributed by atoms with Crippen LogP contribution in [0.15, 0.2) is 82.6 Å². The number of aromatic nitrogens is 3. The lowest BCUT2D eigenvalue weighted by Gasteiger charge is -2.11. The lowest BCUT2D eigenvalue weighted by molar-refractivity contribution is 0.497. The molecule has 2 aromatic heterocycles. The van der Waals surface area contributed by atoms with Crippen LogP contribution in [0.25, 0.3) is 11.3 Å². The van der Waals surface area contributed by atoms with Crippen molar-refractivity contribution in [3.63, 3.8) is 0 Å². The summed E-state index contributed by atoms with van der Waals surface area (Å²) in [5, 5.41) is 10.9. The zero-order valence-electron chi connectivity index (χ0n) is 18.9. The minimum absolute atomic E-state index is 0. The molecule has 0 amide bonds. The molecule has 7 nitrogen and oxygen atoms in total. The topological polar surface area (TPSA) is 80.3 Å². The van der Waals surface area contributed by atoms with Crippen molar-refractivity contribution in [1.82, 2.24) is 25.4 Å². The number of aryl methyl sites for hydroxylation is 1. The zero-order valence-corrected chi connectivity index (χ0v) is 21.2. The van der Waals surface area contributed by atoms with Crippen molar-refractivity contribution >= 4 is 29.9 Å². The van der Waals surface area contributed by atoms with Crippen LogP contribution in [0.5, 0.6) is 0 Å². The predicted molar refractivity (Wildman–Crippen MR) is 142 cm³/mol. The summed E-state index contributed by atoms with van der Waals surface area (Å²) >= 11 is 0. The first-order valence-corrected chi connectivity index (χ1v) is 10.8. The maximum atomic E-state index is 5.91. The highest BCUT2D eigenvalue weighted by molar-refractivity contribution is 14.0. The Morgan fingerprint density at radius 1 is 1.03 bits per heavy atom. The van der Waals surface area contributed by atoms with E-state index in [1.54, 1.807) is 12.4 Å². The molecule has 0 bridgehead atoms. The van der Waals surface area contributed by atoms with Gasteiger partial charge in [0.25, 0.3) is 0 Å². The third-order valence-corrected chi connectivity index (χ3v) is 5.06. The fraction of sp³-hybridized carbons (Fsp3) is 0.240. The average Bonchev–Trinajstić information content (AvgIpc) is 3.49. The molecule has 0 atom stereocenters. The Kier molecular flexibility index (Phi) is 9.05. The molecular weight excluding hydrogens is 527 g/mol. The van der Waals surface area contributed by atoms with Crippen molar-refractivity contribution in [1.29, 1.82) is 0 Å². The number of nitrogens with one attached hydrogen (secondary N) is 2. The molecule has 0 spiro atoms. The average molecular weight is 556 g/mol. The van der Waals surface area contributed by atoms with Crippen LogP contribution < -0.4 is 10.6 Å². The molecule has 2 aromatic carbocycles. The second-order valence-corrected chi connectivity index (χ2v) is 7.51. The standard InChI is InChI=1S/C25H28N6O.HI/c1-3-26-25(28-15-21-7-4-5-8-22(21)18-31-14-6-13-30-31)29-17-24-27-16-23(32-24)20-11-9-19(2)10-12-20;/h4-14,16H,3,15,17-18H2,1-2H3,(H2,26,28,29);1H. The molecular formula is C25H29IN6O. The molecule has 0 unspecified atom stereocenters. The molecule has 0 saturated carbocycles. The van der Waals surface area contributed by atoms with Gasteiger partial charge in [0.1, 0.15) is 0 Å². The highest BCUT2D eigenvalue weighted by Gasteiger charge is 2.08. The molecule has 33 heavy (non-hydrogen) atoms. The van der Waals surface area contributed by atoms with Crippen molar-refractivity contribution in [2.45, 2.75) is 33.5 Å². The first-order valence-electron chi connectivity index (χ1n) is 10.8. The SMILES string of the molecule is CCNC(=NCc1ccccc1Cn1cccn1)NCc1ncc(-c2ccc(C)cc2)o1.I. The first-order chi connectivity index (χ1) is 15.7. The van der Waals surface area contributed by atoms with Gasteiger partial charge in [-0.3, -0.25) is 4.68 Å². The van der Waals surface area contributed by atoms with E-state index in [0.717, 1.165) is 35.9 Å². The van der Waals surface area contributed by atoms with Gasteiger partial charge in [-0.15, -0.1) is 24.0 Å². The Hall–Kier alpha value is -3.14. The van der Waals surface area contributed by atoms with Crippen molar-refractivity contribution in [2.75, 3.05) is 6.54 Å². The van der Waals surface area contributed by atoms with Gasteiger partial charge in [-0.25, -0.2) is 9.98 Å². The molecule has 4 rings (SSSR count). The molecule has 2 heterocycles. The van der Waals surface area contributed by atoms with Crippen LogP contribution in [0.4, 0.5) is 0 Å². The summed E-state index contributed by atoms with van der Waals surface area (Å²) in [6.45, 7) is 6.61. The van der Waals surface area contributed by atoms with Crippen LogP contribution in [0.2, 0.25) is 0 Å². The summed E-state index contributed by atoms with van der Waals surface area (Å²) in [4.78, 5) is 9.16. The van der Waals surface area contributed by atoms with Crippen molar-refractivity contribution in [3.8, 4) is 11.3 Å². The van der Waals surface area contributed by atoms with Crippen LogP contribution in [0.1, 0.15) is 29.5 Å². The summed E-state index contributed by atoms with van der Waals surface area (Å²) in [5.41, 5.74) is 4.60. The number of hydrogen-bond acceptors (Lipinski definition) is 4. The van der Waals surface area contributed by atoms with Gasteiger partial charge in [-0.2, -0.15) is 5.10 Å². The van der Waals surface area contributed by atoms with Crippen molar-refractivity contribution in [3.05, 3.63) is 95.8 Å². The van der Waals surface area contributed by atoms with Gasteiger partial charge in [0, 0.05) is 24.5 Å². The monoisotopic (exact) mass is 556 g/mol. The van der Waals surface area contributed by atoms with Gasteiger partial charge in [0.05, 0.1) is 25.8 Å². The Balaban J connectivity index is 0.00000306. The molecule has 2 N–H and O–H groups in total.